The van der Waals surface area contributed by atoms with E-state index in [4.69, 9.17) is 23.2 Å². The molecule has 0 spiro atoms. The summed E-state index contributed by atoms with van der Waals surface area (Å²) >= 11 is 12.6. The fraction of sp³-hybridized carbons (Fsp3) is 0. The third-order valence-corrected chi connectivity index (χ3v) is 3.80. The largest absolute Gasteiger partial charge is 0.306 e. The van der Waals surface area contributed by atoms with Gasteiger partial charge in [-0.2, -0.15) is 0 Å². The minimum Gasteiger partial charge on any atom is -0.306 e. The Hall–Kier alpha value is -2.03. The van der Waals surface area contributed by atoms with E-state index >= 15 is 0 Å². The van der Waals surface area contributed by atoms with Crippen LogP contribution in [0.1, 0.15) is 11.1 Å². The first-order chi connectivity index (χ1) is 10.3. The van der Waals surface area contributed by atoms with E-state index in [0.29, 0.717) is 10.0 Å². The summed E-state index contributed by atoms with van der Waals surface area (Å²) < 4.78 is 1.92. The molecule has 0 unspecified atom stereocenters. The lowest BCUT2D eigenvalue weighted by molar-refractivity contribution is 1.09. The van der Waals surface area contributed by atoms with E-state index in [2.05, 4.69) is 4.98 Å². The van der Waals surface area contributed by atoms with Gasteiger partial charge in [0, 0.05) is 28.0 Å². The lowest BCUT2D eigenvalue weighted by Crippen LogP contribution is -1.97. The molecule has 0 N–H and O–H groups in total. The summed E-state index contributed by atoms with van der Waals surface area (Å²) in [6, 6.07) is 15.4. The van der Waals surface area contributed by atoms with Crippen LogP contribution in [-0.4, -0.2) is 9.55 Å². The third-order valence-electron chi connectivity index (χ3n) is 3.13. The first-order valence-corrected chi connectivity index (χ1v) is 7.21. The number of halogens is 2. The number of hydrogen-bond donors (Lipinski definition) is 0. The number of nitrogens with zero attached hydrogens (tertiary/aromatic N) is 2. The van der Waals surface area contributed by atoms with Crippen LogP contribution in [0.3, 0.4) is 0 Å². The molecular weight excluding hydrogens is 303 g/mol. The third kappa shape index (κ3) is 3.02. The molecule has 1 aromatic heterocycles. The average Bonchev–Trinajstić information content (AvgIpc) is 3.01. The number of aromatic nitrogens is 2. The quantitative estimate of drug-likeness (QED) is 0.605. The molecule has 0 atom stereocenters. The van der Waals surface area contributed by atoms with Gasteiger partial charge in [0.2, 0.25) is 0 Å². The van der Waals surface area contributed by atoms with Gasteiger partial charge in [0.05, 0.1) is 12.0 Å². The van der Waals surface area contributed by atoms with Gasteiger partial charge in [-0.05, 0) is 23.8 Å². The maximum absolute atomic E-state index is 6.33. The van der Waals surface area contributed by atoms with Crippen molar-refractivity contribution in [1.82, 2.24) is 9.55 Å². The van der Waals surface area contributed by atoms with Crippen LogP contribution < -0.4 is 0 Å². The molecule has 2 nitrogen and oxygen atoms in total. The van der Waals surface area contributed by atoms with E-state index < -0.39 is 0 Å². The predicted molar refractivity (Wildman–Crippen MR) is 88.4 cm³/mol. The second-order valence-corrected chi connectivity index (χ2v) is 5.32. The molecule has 1 heterocycles. The zero-order valence-electron chi connectivity index (χ0n) is 11.1. The Morgan fingerprint density at radius 3 is 2.33 bits per heavy atom. The number of hydrogen-bond acceptors (Lipinski definition) is 1. The van der Waals surface area contributed by atoms with Gasteiger partial charge in [-0.1, -0.05) is 59.6 Å². The van der Waals surface area contributed by atoms with Gasteiger partial charge < -0.3 is 4.57 Å². The molecule has 0 radical (unpaired) electrons. The predicted octanol–water partition coefficient (Wildman–Crippen LogP) is 5.24. The zero-order chi connectivity index (χ0) is 14.7. The van der Waals surface area contributed by atoms with Crippen molar-refractivity contribution in [3.63, 3.8) is 0 Å². The summed E-state index contributed by atoms with van der Waals surface area (Å²) in [5.74, 6) is 0. The van der Waals surface area contributed by atoms with Crippen molar-refractivity contribution in [3.05, 3.63) is 88.4 Å². The second kappa shape index (κ2) is 6.17. The van der Waals surface area contributed by atoms with E-state index in [-0.39, 0.29) is 0 Å². The van der Waals surface area contributed by atoms with Gasteiger partial charge in [0.1, 0.15) is 0 Å². The molecule has 21 heavy (non-hydrogen) atoms. The summed E-state index contributed by atoms with van der Waals surface area (Å²) in [6.07, 6.45) is 7.36. The van der Waals surface area contributed by atoms with Crippen LogP contribution in [0.25, 0.3) is 11.8 Å². The highest BCUT2D eigenvalue weighted by Crippen LogP contribution is 2.28. The first kappa shape index (κ1) is 13.9. The van der Waals surface area contributed by atoms with E-state index in [1.54, 1.807) is 12.5 Å². The van der Waals surface area contributed by atoms with Crippen molar-refractivity contribution in [2.24, 2.45) is 0 Å². The minimum absolute atomic E-state index is 0.685. The Morgan fingerprint density at radius 1 is 0.952 bits per heavy atom. The molecule has 0 amide bonds. The molecule has 0 fully saturated rings. The van der Waals surface area contributed by atoms with Crippen molar-refractivity contribution in [3.8, 4) is 0 Å². The Labute approximate surface area is 133 Å². The highest BCUT2D eigenvalue weighted by Gasteiger charge is 2.09. The lowest BCUT2D eigenvalue weighted by atomic mass is 10.1. The summed E-state index contributed by atoms with van der Waals surface area (Å²) in [7, 11) is 0. The van der Waals surface area contributed by atoms with Crippen molar-refractivity contribution in [2.75, 3.05) is 0 Å². The number of imidazole rings is 1. The fourth-order valence-electron chi connectivity index (χ4n) is 2.10. The maximum atomic E-state index is 6.33. The van der Waals surface area contributed by atoms with Crippen LogP contribution in [-0.2, 0) is 0 Å². The van der Waals surface area contributed by atoms with E-state index in [0.717, 1.165) is 16.8 Å². The van der Waals surface area contributed by atoms with Gasteiger partial charge in [-0.25, -0.2) is 4.98 Å². The summed E-state index contributed by atoms with van der Waals surface area (Å²) in [6.45, 7) is 0. The standard InChI is InChI=1S/C17H12Cl2N2/c18-15-7-3-1-5-13(15)11-17(21-10-9-20-12-21)14-6-2-4-8-16(14)19/h1-12H. The number of rotatable bonds is 3. The Morgan fingerprint density at radius 2 is 1.67 bits per heavy atom. The molecule has 0 aliphatic rings. The SMILES string of the molecule is Clc1ccccc1C=C(c1ccccc1Cl)n1ccnc1. The van der Waals surface area contributed by atoms with Crippen molar-refractivity contribution in [2.45, 2.75) is 0 Å². The minimum atomic E-state index is 0.685. The molecule has 3 rings (SSSR count). The van der Waals surface area contributed by atoms with Crippen LogP contribution in [0, 0.1) is 0 Å². The Balaban J connectivity index is 2.19. The molecule has 0 saturated heterocycles. The summed E-state index contributed by atoms with van der Waals surface area (Å²) in [4.78, 5) is 4.11. The Bertz CT molecular complexity index is 777. The van der Waals surface area contributed by atoms with Crippen LogP contribution in [0.5, 0.6) is 0 Å². The molecule has 4 heteroatoms. The van der Waals surface area contributed by atoms with Crippen LogP contribution in [0.2, 0.25) is 10.0 Å². The smallest absolute Gasteiger partial charge is 0.0991 e. The van der Waals surface area contributed by atoms with Gasteiger partial charge in [-0.3, -0.25) is 0 Å². The van der Waals surface area contributed by atoms with E-state index in [1.165, 1.54) is 0 Å². The van der Waals surface area contributed by atoms with Crippen LogP contribution in [0.15, 0.2) is 67.3 Å². The lowest BCUT2D eigenvalue weighted by Gasteiger charge is -2.11. The molecule has 2 aromatic carbocycles. The number of benzene rings is 2. The van der Waals surface area contributed by atoms with Gasteiger partial charge in [0.15, 0.2) is 0 Å². The fourth-order valence-corrected chi connectivity index (χ4v) is 2.52. The van der Waals surface area contributed by atoms with Crippen LogP contribution >= 0.6 is 23.2 Å². The van der Waals surface area contributed by atoms with Crippen molar-refractivity contribution in [1.29, 1.82) is 0 Å². The van der Waals surface area contributed by atoms with E-state index in [9.17, 15) is 0 Å². The second-order valence-electron chi connectivity index (χ2n) is 4.50. The first-order valence-electron chi connectivity index (χ1n) is 6.45. The van der Waals surface area contributed by atoms with Crippen molar-refractivity contribution >= 4 is 35.0 Å². The van der Waals surface area contributed by atoms with Crippen molar-refractivity contribution < 1.29 is 0 Å². The molecule has 104 valence electrons. The van der Waals surface area contributed by atoms with E-state index in [1.807, 2.05) is 65.4 Å². The molecule has 0 aliphatic carbocycles. The highest BCUT2D eigenvalue weighted by atomic mass is 35.5. The summed E-state index contributed by atoms with van der Waals surface area (Å²) in [5, 5.41) is 1.38. The maximum Gasteiger partial charge on any atom is 0.0991 e. The van der Waals surface area contributed by atoms with Gasteiger partial charge in [0.25, 0.3) is 0 Å². The molecule has 0 aliphatic heterocycles. The highest BCUT2D eigenvalue weighted by molar-refractivity contribution is 6.33. The Kier molecular flexibility index (Phi) is 4.09. The molecule has 0 bridgehead atoms. The monoisotopic (exact) mass is 314 g/mol. The van der Waals surface area contributed by atoms with Gasteiger partial charge in [-0.15, -0.1) is 0 Å². The zero-order valence-corrected chi connectivity index (χ0v) is 12.6. The normalized spacial score (nSPS) is 11.6. The molecule has 3 aromatic rings. The van der Waals surface area contributed by atoms with Gasteiger partial charge >= 0.3 is 0 Å². The molecular formula is C17H12Cl2N2. The molecule has 0 saturated carbocycles. The van der Waals surface area contributed by atoms with Crippen LogP contribution in [0.4, 0.5) is 0 Å². The topological polar surface area (TPSA) is 17.8 Å². The average molecular weight is 315 g/mol. The summed E-state index contributed by atoms with van der Waals surface area (Å²) in [5.41, 5.74) is 2.78.